The number of anilines is 2. The predicted octanol–water partition coefficient (Wildman–Crippen LogP) is 2.96. The fraction of sp³-hybridized carbons (Fsp3) is 0.368. The molecule has 6 rings (SSSR count). The third kappa shape index (κ3) is 2.12. The average Bonchev–Trinajstić information content (AvgIpc) is 3.21. The molecule has 0 bridgehead atoms. The number of thiazole rings is 2. The number of nitrogens with one attached hydrogen (secondary N) is 2. The molecule has 142 valence electrons. The maximum absolute atomic E-state index is 12.7. The molecule has 0 spiro atoms. The Bertz CT molecular complexity index is 1120. The number of aryl methyl sites for hydroxylation is 2. The second-order valence-electron chi connectivity index (χ2n) is 7.78. The summed E-state index contributed by atoms with van der Waals surface area (Å²) in [6.45, 7) is 5.76. The molecule has 3 aromatic rings. The largest absolute Gasteiger partial charge is 0.328 e. The molecule has 9 heteroatoms. The number of carbonyl (C=O) groups excluding carboxylic acids is 1. The summed E-state index contributed by atoms with van der Waals surface area (Å²) in [5, 5.41) is 10.5. The quantitative estimate of drug-likeness (QED) is 0.688. The zero-order valence-electron chi connectivity index (χ0n) is 15.4. The van der Waals surface area contributed by atoms with Crippen LogP contribution in [0.25, 0.3) is 10.6 Å². The van der Waals surface area contributed by atoms with Crippen LogP contribution in [0.5, 0.6) is 0 Å². The molecule has 1 unspecified atom stereocenters. The normalized spacial score (nSPS) is 26.7. The zero-order chi connectivity index (χ0) is 19.1. The Morgan fingerprint density at radius 1 is 1.32 bits per heavy atom. The van der Waals surface area contributed by atoms with E-state index in [9.17, 15) is 4.79 Å². The molecular weight excluding hydrogens is 392 g/mol. The van der Waals surface area contributed by atoms with Gasteiger partial charge in [0.05, 0.1) is 37.9 Å². The van der Waals surface area contributed by atoms with Crippen LogP contribution in [0.4, 0.5) is 10.9 Å². The second kappa shape index (κ2) is 5.37. The maximum atomic E-state index is 12.7. The summed E-state index contributed by atoms with van der Waals surface area (Å²) in [7, 11) is 0. The molecule has 1 saturated carbocycles. The highest BCUT2D eigenvalue weighted by Gasteiger charge is 2.85. The first-order valence-corrected chi connectivity index (χ1v) is 10.9. The third-order valence-electron chi connectivity index (χ3n) is 6.15. The number of amides is 1. The Morgan fingerprint density at radius 2 is 2.21 bits per heavy atom. The van der Waals surface area contributed by atoms with Crippen LogP contribution in [0.3, 0.4) is 0 Å². The fourth-order valence-electron chi connectivity index (χ4n) is 4.49. The number of carbonyl (C=O) groups is 1. The highest BCUT2D eigenvalue weighted by molar-refractivity contribution is 7.16. The summed E-state index contributed by atoms with van der Waals surface area (Å²) in [5.74, 6) is 0.767. The van der Waals surface area contributed by atoms with Crippen molar-refractivity contribution in [3.05, 3.63) is 40.0 Å². The van der Waals surface area contributed by atoms with Crippen molar-refractivity contribution < 1.29 is 4.79 Å². The lowest BCUT2D eigenvalue weighted by atomic mass is 9.88. The molecule has 3 fully saturated rings. The number of hydrogen-bond donors (Lipinski definition) is 2. The molecule has 2 atom stereocenters. The van der Waals surface area contributed by atoms with Gasteiger partial charge >= 0.3 is 0 Å². The number of nitrogens with zero attached hydrogens (tertiary/aromatic N) is 4. The molecule has 1 amide bonds. The summed E-state index contributed by atoms with van der Waals surface area (Å²) in [4.78, 5) is 29.4. The molecule has 2 N–H and O–H groups in total. The lowest BCUT2D eigenvalue weighted by Crippen LogP contribution is -2.78. The standard InChI is InChI=1S/C19H18N6OS2/c1-10-15(28-11(2)22-10)13-6-27-17(23-13)24-14-4-3-12(5-20-14)16(26)25-9-18-7-19(18,25)8-21-18/h3-6,21H,7-9H2,1-2H3,(H,20,23,24)/t18-,19?/m0/s1. The van der Waals surface area contributed by atoms with Crippen LogP contribution in [0.2, 0.25) is 0 Å². The topological polar surface area (TPSA) is 83.0 Å². The molecule has 28 heavy (non-hydrogen) atoms. The van der Waals surface area contributed by atoms with E-state index in [1.807, 2.05) is 36.3 Å². The summed E-state index contributed by atoms with van der Waals surface area (Å²) >= 11 is 3.19. The number of likely N-dealkylation sites (tertiary alicyclic amines) is 1. The lowest BCUT2D eigenvalue weighted by molar-refractivity contribution is -0.00645. The van der Waals surface area contributed by atoms with Gasteiger partial charge in [-0.2, -0.15) is 0 Å². The van der Waals surface area contributed by atoms with Crippen LogP contribution in [-0.2, 0) is 0 Å². The second-order valence-corrected chi connectivity index (χ2v) is 9.84. The van der Waals surface area contributed by atoms with Gasteiger partial charge in [0.25, 0.3) is 5.91 Å². The van der Waals surface area contributed by atoms with Crippen molar-refractivity contribution in [2.45, 2.75) is 31.3 Å². The van der Waals surface area contributed by atoms with Gasteiger partial charge in [-0.15, -0.1) is 22.7 Å². The van der Waals surface area contributed by atoms with Crippen LogP contribution in [0, 0.1) is 13.8 Å². The number of pyridine rings is 1. The zero-order valence-corrected chi connectivity index (χ0v) is 17.1. The van der Waals surface area contributed by atoms with Crippen LogP contribution in [0.1, 0.15) is 27.5 Å². The van der Waals surface area contributed by atoms with Gasteiger partial charge in [0.1, 0.15) is 5.82 Å². The van der Waals surface area contributed by atoms with Crippen molar-refractivity contribution in [1.29, 1.82) is 0 Å². The van der Waals surface area contributed by atoms with Gasteiger partial charge < -0.3 is 15.5 Å². The molecule has 2 saturated heterocycles. The minimum absolute atomic E-state index is 0.0845. The minimum Gasteiger partial charge on any atom is -0.328 e. The Morgan fingerprint density at radius 3 is 2.79 bits per heavy atom. The predicted molar refractivity (Wildman–Crippen MR) is 109 cm³/mol. The highest BCUT2D eigenvalue weighted by Crippen LogP contribution is 2.66. The summed E-state index contributed by atoms with van der Waals surface area (Å²) < 4.78 is 0. The maximum Gasteiger partial charge on any atom is 0.256 e. The van der Waals surface area contributed by atoms with Gasteiger partial charge in [0.15, 0.2) is 5.13 Å². The average molecular weight is 411 g/mol. The first kappa shape index (κ1) is 16.6. The van der Waals surface area contributed by atoms with E-state index in [2.05, 4.69) is 25.6 Å². The Kier molecular flexibility index (Phi) is 3.18. The van der Waals surface area contributed by atoms with Crippen LogP contribution in [0.15, 0.2) is 23.7 Å². The van der Waals surface area contributed by atoms with Crippen molar-refractivity contribution in [1.82, 2.24) is 25.2 Å². The molecule has 7 nitrogen and oxygen atoms in total. The van der Waals surface area contributed by atoms with Crippen LogP contribution < -0.4 is 10.6 Å². The lowest BCUT2D eigenvalue weighted by Gasteiger charge is -2.55. The van der Waals surface area contributed by atoms with Crippen molar-refractivity contribution >= 4 is 39.5 Å². The minimum atomic E-state index is 0.0845. The van der Waals surface area contributed by atoms with E-state index in [0.29, 0.717) is 11.4 Å². The first-order chi connectivity index (χ1) is 13.5. The first-order valence-electron chi connectivity index (χ1n) is 9.20. The van der Waals surface area contributed by atoms with Crippen molar-refractivity contribution in [3.63, 3.8) is 0 Å². The van der Waals surface area contributed by atoms with Gasteiger partial charge in [0.2, 0.25) is 0 Å². The number of piperazine rings is 1. The molecule has 1 aliphatic carbocycles. The molecule has 5 heterocycles. The number of hydrogen-bond acceptors (Lipinski definition) is 8. The molecule has 0 aromatic carbocycles. The van der Waals surface area contributed by atoms with Gasteiger partial charge in [-0.25, -0.2) is 15.0 Å². The van der Waals surface area contributed by atoms with Gasteiger partial charge in [-0.05, 0) is 32.4 Å². The van der Waals surface area contributed by atoms with Gasteiger partial charge in [0, 0.05) is 24.7 Å². The molecular formula is C19H18N6OS2. The highest BCUT2D eigenvalue weighted by atomic mass is 32.1. The van der Waals surface area contributed by atoms with E-state index in [0.717, 1.165) is 45.9 Å². The van der Waals surface area contributed by atoms with Crippen molar-refractivity contribution in [2.75, 3.05) is 18.4 Å². The summed E-state index contributed by atoms with van der Waals surface area (Å²) in [5.41, 5.74) is 2.96. The smallest absolute Gasteiger partial charge is 0.256 e. The van der Waals surface area contributed by atoms with E-state index in [1.54, 1.807) is 17.5 Å². The number of rotatable bonds is 4. The SMILES string of the molecule is Cc1nc(C)c(-c2csc(Nc3ccc(C(=O)N4C[C@@]56CC45CN6)cn3)n2)s1. The molecule has 0 radical (unpaired) electrons. The summed E-state index contributed by atoms with van der Waals surface area (Å²) in [6.07, 6.45) is 2.75. The number of aromatic nitrogens is 3. The van der Waals surface area contributed by atoms with Gasteiger partial charge in [-0.1, -0.05) is 0 Å². The monoisotopic (exact) mass is 410 g/mol. The van der Waals surface area contributed by atoms with E-state index in [4.69, 9.17) is 0 Å². The Labute approximate surface area is 169 Å². The van der Waals surface area contributed by atoms with Crippen molar-refractivity contribution in [2.24, 2.45) is 0 Å². The van der Waals surface area contributed by atoms with Crippen LogP contribution >= 0.6 is 22.7 Å². The molecule has 2 aliphatic heterocycles. The van der Waals surface area contributed by atoms with Crippen LogP contribution in [-0.4, -0.2) is 49.9 Å². The van der Waals surface area contributed by atoms with E-state index in [-0.39, 0.29) is 17.0 Å². The third-order valence-corrected chi connectivity index (χ3v) is 8.01. The van der Waals surface area contributed by atoms with E-state index in [1.165, 1.54) is 11.3 Å². The van der Waals surface area contributed by atoms with Crippen molar-refractivity contribution in [3.8, 4) is 10.6 Å². The molecule has 3 aromatic heterocycles. The molecule has 3 aliphatic rings. The Hall–Kier alpha value is -2.36. The Balaban J connectivity index is 1.16. The van der Waals surface area contributed by atoms with Gasteiger partial charge in [-0.3, -0.25) is 4.79 Å². The fourth-order valence-corrected chi connectivity index (χ4v) is 6.15. The van der Waals surface area contributed by atoms with E-state index >= 15 is 0 Å². The summed E-state index contributed by atoms with van der Waals surface area (Å²) in [6, 6.07) is 3.68. The van der Waals surface area contributed by atoms with E-state index < -0.39 is 0 Å².